The first kappa shape index (κ1) is 7.09. The Morgan fingerprint density at radius 3 is 3.00 bits per heavy atom. The standard InChI is InChI=1S/C4H9O2P/c1-2-6-7-4-3-5/h4-5H,2-3H2,1H3/p+1. The van der Waals surface area contributed by atoms with Crippen LogP contribution in [0, 0.1) is 0 Å². The smallest absolute Gasteiger partial charge is 0.169 e. The van der Waals surface area contributed by atoms with Crippen molar-refractivity contribution in [2.45, 2.75) is 6.92 Å². The van der Waals surface area contributed by atoms with Gasteiger partial charge in [0.2, 0.25) is 0 Å². The van der Waals surface area contributed by atoms with Crippen molar-refractivity contribution in [3.8, 4) is 0 Å². The fourth-order valence-corrected chi connectivity index (χ4v) is 0.494. The summed E-state index contributed by atoms with van der Waals surface area (Å²) in [6, 6.07) is 0. The van der Waals surface area contributed by atoms with Crippen LogP contribution in [0.1, 0.15) is 6.92 Å². The Balaban J connectivity index is 2.78. The summed E-state index contributed by atoms with van der Waals surface area (Å²) in [5.74, 6) is 1.75. The lowest BCUT2D eigenvalue weighted by Crippen LogP contribution is -1.77. The molecule has 0 aromatic carbocycles. The zero-order chi connectivity index (χ0) is 5.54. The van der Waals surface area contributed by atoms with Crippen LogP contribution >= 0.6 is 8.43 Å². The van der Waals surface area contributed by atoms with E-state index in [1.165, 1.54) is 0 Å². The third-order valence-electron chi connectivity index (χ3n) is 0.369. The average molecular weight is 121 g/mol. The normalized spacial score (nSPS) is 10.6. The van der Waals surface area contributed by atoms with Crippen molar-refractivity contribution in [3.63, 3.8) is 0 Å². The Morgan fingerprint density at radius 1 is 1.86 bits per heavy atom. The van der Waals surface area contributed by atoms with Crippen LogP contribution in [0.25, 0.3) is 0 Å². The van der Waals surface area contributed by atoms with Crippen LogP contribution in [0.2, 0.25) is 0 Å². The minimum Gasteiger partial charge on any atom is -0.442 e. The first-order valence-electron chi connectivity index (χ1n) is 2.20. The molecule has 0 amide bonds. The van der Waals surface area contributed by atoms with Crippen molar-refractivity contribution < 1.29 is 9.63 Å². The van der Waals surface area contributed by atoms with E-state index in [-0.39, 0.29) is 0 Å². The maximum Gasteiger partial charge on any atom is 0.169 e. The van der Waals surface area contributed by atoms with E-state index in [2.05, 4.69) is 0 Å². The predicted octanol–water partition coefficient (Wildman–Crippen LogP) is 0.411. The molecule has 0 aromatic heterocycles. The van der Waals surface area contributed by atoms with E-state index in [4.69, 9.17) is 9.63 Å². The highest BCUT2D eigenvalue weighted by molar-refractivity contribution is 7.33. The molecule has 2 N–H and O–H groups in total. The highest BCUT2D eigenvalue weighted by Gasteiger charge is 1.70. The van der Waals surface area contributed by atoms with Gasteiger partial charge in [-0.1, -0.05) is 0 Å². The zero-order valence-corrected chi connectivity index (χ0v) is 5.24. The van der Waals surface area contributed by atoms with E-state index in [1.807, 2.05) is 6.92 Å². The molecular weight excluding hydrogens is 111 g/mol. The molecule has 0 bridgehead atoms. The maximum absolute atomic E-state index is 6.64. The molecule has 0 aliphatic carbocycles. The monoisotopic (exact) mass is 121 g/mol. The Kier molecular flexibility index (Phi) is 6.17. The lowest BCUT2D eigenvalue weighted by atomic mass is 10.9. The first-order valence-corrected chi connectivity index (χ1v) is 3.08. The van der Waals surface area contributed by atoms with Crippen molar-refractivity contribution in [1.82, 2.24) is 0 Å². The third-order valence-corrected chi connectivity index (χ3v) is 1.11. The fourth-order valence-electron chi connectivity index (χ4n) is 0.165. The SMILES string of the molecule is CCOP=CC[OH2+]. The van der Waals surface area contributed by atoms with E-state index >= 15 is 0 Å². The molecule has 0 saturated heterocycles. The van der Waals surface area contributed by atoms with Crippen LogP contribution in [0.5, 0.6) is 0 Å². The molecule has 0 rings (SSSR count). The van der Waals surface area contributed by atoms with Gasteiger partial charge in [0.1, 0.15) is 0 Å². The second kappa shape index (κ2) is 6.09. The molecular formula is C4H10O2P+. The summed E-state index contributed by atoms with van der Waals surface area (Å²) < 4.78 is 4.87. The highest BCUT2D eigenvalue weighted by atomic mass is 31.1. The van der Waals surface area contributed by atoms with Crippen LogP contribution in [-0.4, -0.2) is 24.1 Å². The van der Waals surface area contributed by atoms with Crippen molar-refractivity contribution in [2.24, 2.45) is 0 Å². The molecule has 0 aromatic rings. The first-order chi connectivity index (χ1) is 3.41. The van der Waals surface area contributed by atoms with Crippen molar-refractivity contribution >= 4 is 14.2 Å². The van der Waals surface area contributed by atoms with E-state index in [0.717, 1.165) is 15.0 Å². The van der Waals surface area contributed by atoms with Crippen LogP contribution in [-0.2, 0) is 4.52 Å². The third kappa shape index (κ3) is 6.09. The van der Waals surface area contributed by atoms with Gasteiger partial charge < -0.3 is 9.63 Å². The average Bonchev–Trinajstić information content (AvgIpc) is 1.69. The van der Waals surface area contributed by atoms with Gasteiger partial charge >= 0.3 is 0 Å². The Labute approximate surface area is 45.0 Å². The molecule has 0 aliphatic rings. The van der Waals surface area contributed by atoms with Gasteiger partial charge in [0.15, 0.2) is 6.61 Å². The van der Waals surface area contributed by atoms with Gasteiger partial charge in [0.25, 0.3) is 0 Å². The van der Waals surface area contributed by atoms with Gasteiger partial charge in [-0.05, 0) is 6.92 Å². The lowest BCUT2D eigenvalue weighted by Gasteiger charge is -1.81. The van der Waals surface area contributed by atoms with E-state index < -0.39 is 0 Å². The molecule has 0 saturated carbocycles. The molecule has 42 valence electrons. The molecule has 0 aliphatic heterocycles. The highest BCUT2D eigenvalue weighted by Crippen LogP contribution is 1.92. The summed E-state index contributed by atoms with van der Waals surface area (Å²) >= 11 is 0. The molecule has 3 heteroatoms. The summed E-state index contributed by atoms with van der Waals surface area (Å²) in [5.41, 5.74) is 0. The van der Waals surface area contributed by atoms with E-state index in [9.17, 15) is 0 Å². The second-order valence-electron chi connectivity index (χ2n) is 0.910. The summed E-state index contributed by atoms with van der Waals surface area (Å²) in [6.07, 6.45) is 0. The Morgan fingerprint density at radius 2 is 2.57 bits per heavy atom. The minimum atomic E-state index is 0.349. The zero-order valence-electron chi connectivity index (χ0n) is 4.35. The number of rotatable bonds is 3. The molecule has 0 unspecified atom stereocenters. The minimum absolute atomic E-state index is 0.349. The number of hydrogen-bond donors (Lipinski definition) is 0. The summed E-state index contributed by atoms with van der Waals surface area (Å²) in [4.78, 5) is 0. The fraction of sp³-hybridized carbons (Fsp3) is 0.750. The quantitative estimate of drug-likeness (QED) is 0.393. The predicted molar refractivity (Wildman–Crippen MR) is 33.1 cm³/mol. The summed E-state index contributed by atoms with van der Waals surface area (Å²) in [6.45, 7) is 3.02. The molecule has 0 atom stereocenters. The molecule has 0 spiro atoms. The van der Waals surface area contributed by atoms with Gasteiger partial charge in [-0.2, -0.15) is 0 Å². The Bertz CT molecular complexity index is 53.7. The van der Waals surface area contributed by atoms with Gasteiger partial charge in [-0.15, -0.1) is 0 Å². The molecule has 0 fully saturated rings. The molecule has 0 radical (unpaired) electrons. The number of hydrogen-bond acceptors (Lipinski definition) is 1. The van der Waals surface area contributed by atoms with Crippen LogP contribution in [0.15, 0.2) is 0 Å². The second-order valence-corrected chi connectivity index (χ2v) is 1.74. The Hall–Kier alpha value is 0.0900. The van der Waals surface area contributed by atoms with Crippen molar-refractivity contribution in [2.75, 3.05) is 13.2 Å². The topological polar surface area (TPSA) is 32.1 Å². The largest absolute Gasteiger partial charge is 0.442 e. The summed E-state index contributed by atoms with van der Waals surface area (Å²) in [7, 11) is 0.830. The lowest BCUT2D eigenvalue weighted by molar-refractivity contribution is 0.362. The molecule has 7 heavy (non-hydrogen) atoms. The van der Waals surface area contributed by atoms with Crippen molar-refractivity contribution in [3.05, 3.63) is 0 Å². The van der Waals surface area contributed by atoms with Gasteiger partial charge in [-0.25, -0.2) is 0 Å². The van der Waals surface area contributed by atoms with Crippen LogP contribution in [0.3, 0.4) is 0 Å². The van der Waals surface area contributed by atoms with Gasteiger partial charge in [0.05, 0.1) is 15.0 Å². The van der Waals surface area contributed by atoms with Crippen LogP contribution in [0.4, 0.5) is 0 Å². The van der Waals surface area contributed by atoms with Gasteiger partial charge in [-0.3, -0.25) is 0 Å². The van der Waals surface area contributed by atoms with E-state index in [1.54, 1.807) is 5.80 Å². The van der Waals surface area contributed by atoms with Crippen LogP contribution < -0.4 is 0 Å². The van der Waals surface area contributed by atoms with E-state index in [0.29, 0.717) is 6.61 Å². The van der Waals surface area contributed by atoms with Gasteiger partial charge in [0, 0.05) is 5.80 Å². The van der Waals surface area contributed by atoms with Crippen molar-refractivity contribution in [1.29, 1.82) is 0 Å². The summed E-state index contributed by atoms with van der Waals surface area (Å²) in [5, 5.41) is 6.64. The molecule has 0 heterocycles. The maximum atomic E-state index is 6.64. The molecule has 2 nitrogen and oxygen atoms in total.